The molecule has 0 fully saturated rings. The molecule has 4 nitrogen and oxygen atoms in total. The van der Waals surface area contributed by atoms with E-state index in [0.29, 0.717) is 10.9 Å². The topological polar surface area (TPSA) is 52.1 Å². The zero-order valence-electron chi connectivity index (χ0n) is 11.1. The molecule has 1 aliphatic rings. The van der Waals surface area contributed by atoms with Gasteiger partial charge in [0, 0.05) is 18.2 Å². The second-order valence-electron chi connectivity index (χ2n) is 4.64. The third-order valence-corrected chi connectivity index (χ3v) is 4.03. The molecule has 0 radical (unpaired) electrons. The number of hydrogen-bond acceptors (Lipinski definition) is 5. The molecule has 0 bridgehead atoms. The lowest BCUT2D eigenvalue weighted by Crippen LogP contribution is -1.96. The maximum Gasteiger partial charge on any atom is 0.188 e. The Kier molecular flexibility index (Phi) is 3.69. The second-order valence-corrected chi connectivity index (χ2v) is 5.58. The Hall–Kier alpha value is -1.88. The number of carbonyl (C=O) groups excluding carboxylic acids is 1. The van der Waals surface area contributed by atoms with Gasteiger partial charge in [0.05, 0.1) is 18.1 Å². The van der Waals surface area contributed by atoms with E-state index in [1.54, 1.807) is 13.1 Å². The third-order valence-electron chi connectivity index (χ3n) is 3.02. The van der Waals surface area contributed by atoms with Crippen LogP contribution >= 0.6 is 11.8 Å². The monoisotopic (exact) mass is 286 g/mol. The lowest BCUT2D eigenvalue weighted by molar-refractivity contribution is -0.114. The Labute approximate surface area is 121 Å². The number of aromatic nitrogens is 2. The molecule has 1 aliphatic heterocycles. The summed E-state index contributed by atoms with van der Waals surface area (Å²) in [6.45, 7) is 2.32. The van der Waals surface area contributed by atoms with E-state index in [9.17, 15) is 4.79 Å². The summed E-state index contributed by atoms with van der Waals surface area (Å²) in [5, 5.41) is 0.634. The molecule has 102 valence electrons. The summed E-state index contributed by atoms with van der Waals surface area (Å²) in [5.74, 6) is 1.49. The maximum absolute atomic E-state index is 11.0. The maximum atomic E-state index is 11.0. The van der Waals surface area contributed by atoms with Gasteiger partial charge in [-0.1, -0.05) is 11.8 Å². The van der Waals surface area contributed by atoms with Crippen molar-refractivity contribution in [3.8, 4) is 17.0 Å². The zero-order chi connectivity index (χ0) is 13.9. The van der Waals surface area contributed by atoms with Crippen LogP contribution in [0.25, 0.3) is 11.3 Å². The number of rotatable bonds is 4. The van der Waals surface area contributed by atoms with Crippen LogP contribution in [0.4, 0.5) is 0 Å². The first-order chi connectivity index (χ1) is 9.72. The highest BCUT2D eigenvalue weighted by Crippen LogP contribution is 2.30. The summed E-state index contributed by atoms with van der Waals surface area (Å²) >= 11 is 1.37. The van der Waals surface area contributed by atoms with Crippen LogP contribution in [0.15, 0.2) is 35.6 Å². The van der Waals surface area contributed by atoms with Crippen LogP contribution in [-0.2, 0) is 11.2 Å². The number of thioether (sulfide) groups is 1. The average molecular weight is 286 g/mol. The first-order valence-corrected chi connectivity index (χ1v) is 7.42. The van der Waals surface area contributed by atoms with Gasteiger partial charge in [-0.3, -0.25) is 4.79 Å². The van der Waals surface area contributed by atoms with E-state index in [2.05, 4.69) is 16.0 Å². The van der Waals surface area contributed by atoms with Crippen molar-refractivity contribution in [3.63, 3.8) is 0 Å². The number of ether oxygens (including phenoxy) is 1. The van der Waals surface area contributed by atoms with Crippen LogP contribution in [0.3, 0.4) is 0 Å². The second kappa shape index (κ2) is 5.63. The van der Waals surface area contributed by atoms with E-state index in [1.807, 2.05) is 18.2 Å². The smallest absolute Gasteiger partial charge is 0.188 e. The van der Waals surface area contributed by atoms with E-state index in [1.165, 1.54) is 17.3 Å². The van der Waals surface area contributed by atoms with Gasteiger partial charge in [-0.2, -0.15) is 0 Å². The van der Waals surface area contributed by atoms with Crippen LogP contribution in [0, 0.1) is 0 Å². The van der Waals surface area contributed by atoms with Gasteiger partial charge in [-0.25, -0.2) is 9.97 Å². The molecule has 0 spiro atoms. The van der Waals surface area contributed by atoms with Crippen LogP contribution in [0.2, 0.25) is 0 Å². The number of carbonyl (C=O) groups is 1. The molecule has 3 rings (SSSR count). The molecule has 20 heavy (non-hydrogen) atoms. The molecule has 5 heteroatoms. The normalized spacial score (nSPS) is 12.8. The Morgan fingerprint density at radius 3 is 3.15 bits per heavy atom. The summed E-state index contributed by atoms with van der Waals surface area (Å²) in [7, 11) is 0. The fourth-order valence-corrected chi connectivity index (χ4v) is 2.71. The summed E-state index contributed by atoms with van der Waals surface area (Å²) in [6, 6.07) is 7.99. The molecule has 2 aromatic rings. The van der Waals surface area contributed by atoms with Gasteiger partial charge < -0.3 is 4.74 Å². The van der Waals surface area contributed by atoms with Gasteiger partial charge in [0.1, 0.15) is 11.5 Å². The predicted molar refractivity (Wildman–Crippen MR) is 78.1 cm³/mol. The standard InChI is InChI=1S/C15H14N2O2S/c1-10(18)9-20-15-16-6-4-13(17-15)11-2-3-14-12(8-11)5-7-19-14/h2-4,6,8H,5,7,9H2,1H3. The molecule has 0 amide bonds. The number of fused-ring (bicyclic) bond motifs is 1. The minimum atomic E-state index is 0.124. The molecule has 0 saturated carbocycles. The van der Waals surface area contributed by atoms with Gasteiger partial charge in [0.25, 0.3) is 0 Å². The quantitative estimate of drug-likeness (QED) is 0.639. The van der Waals surface area contributed by atoms with Gasteiger partial charge in [-0.05, 0) is 36.8 Å². The van der Waals surface area contributed by atoms with E-state index >= 15 is 0 Å². The van der Waals surface area contributed by atoms with Gasteiger partial charge in [0.15, 0.2) is 5.16 Å². The van der Waals surface area contributed by atoms with E-state index in [0.717, 1.165) is 30.0 Å². The minimum absolute atomic E-state index is 0.124. The average Bonchev–Trinajstić information content (AvgIpc) is 2.93. The van der Waals surface area contributed by atoms with Crippen molar-refractivity contribution in [1.82, 2.24) is 9.97 Å². The summed E-state index contributed by atoms with van der Waals surface area (Å²) in [6.07, 6.45) is 2.68. The molecule has 1 aromatic heterocycles. The Morgan fingerprint density at radius 1 is 1.40 bits per heavy atom. The Balaban J connectivity index is 1.86. The number of Topliss-reactive ketones (excluding diaryl/α,β-unsaturated/α-hetero) is 1. The summed E-state index contributed by atoms with van der Waals surface area (Å²) in [5.41, 5.74) is 3.15. The summed E-state index contributed by atoms with van der Waals surface area (Å²) in [4.78, 5) is 19.7. The number of hydrogen-bond donors (Lipinski definition) is 0. The molecule has 0 N–H and O–H groups in total. The van der Waals surface area contributed by atoms with Crippen molar-refractivity contribution in [1.29, 1.82) is 0 Å². The third kappa shape index (κ3) is 2.82. The molecular formula is C15H14N2O2S. The SMILES string of the molecule is CC(=O)CSc1nccc(-c2ccc3c(c2)CCO3)n1. The fourth-order valence-electron chi connectivity index (χ4n) is 2.08. The Bertz CT molecular complexity index is 658. The van der Waals surface area contributed by atoms with Crippen LogP contribution < -0.4 is 4.74 Å². The fraction of sp³-hybridized carbons (Fsp3) is 0.267. The molecule has 0 aliphatic carbocycles. The van der Waals surface area contributed by atoms with Gasteiger partial charge in [0.2, 0.25) is 0 Å². The Morgan fingerprint density at radius 2 is 2.30 bits per heavy atom. The highest BCUT2D eigenvalue weighted by molar-refractivity contribution is 7.99. The predicted octanol–water partition coefficient (Wildman–Crippen LogP) is 2.76. The van der Waals surface area contributed by atoms with E-state index in [4.69, 9.17) is 4.74 Å². The molecule has 1 aromatic carbocycles. The highest BCUT2D eigenvalue weighted by atomic mass is 32.2. The zero-order valence-corrected chi connectivity index (χ0v) is 11.9. The van der Waals surface area contributed by atoms with Crippen molar-refractivity contribution in [2.24, 2.45) is 0 Å². The number of benzene rings is 1. The van der Waals surface area contributed by atoms with Crippen molar-refractivity contribution in [2.45, 2.75) is 18.5 Å². The van der Waals surface area contributed by atoms with Gasteiger partial charge >= 0.3 is 0 Å². The molecule has 0 unspecified atom stereocenters. The van der Waals surface area contributed by atoms with Crippen molar-refractivity contribution in [2.75, 3.05) is 12.4 Å². The minimum Gasteiger partial charge on any atom is -0.493 e. The molecule has 2 heterocycles. The van der Waals surface area contributed by atoms with E-state index in [-0.39, 0.29) is 5.78 Å². The largest absolute Gasteiger partial charge is 0.493 e. The van der Waals surface area contributed by atoms with Crippen LogP contribution in [-0.4, -0.2) is 28.1 Å². The van der Waals surface area contributed by atoms with E-state index < -0.39 is 0 Å². The molecule has 0 atom stereocenters. The first-order valence-electron chi connectivity index (χ1n) is 6.44. The molecule has 0 saturated heterocycles. The lowest BCUT2D eigenvalue weighted by Gasteiger charge is -2.05. The van der Waals surface area contributed by atoms with Gasteiger partial charge in [-0.15, -0.1) is 0 Å². The first kappa shape index (κ1) is 13.1. The summed E-state index contributed by atoms with van der Waals surface area (Å²) < 4.78 is 5.50. The number of nitrogens with zero attached hydrogens (tertiary/aromatic N) is 2. The van der Waals surface area contributed by atoms with Crippen molar-refractivity contribution >= 4 is 17.5 Å². The number of ketones is 1. The van der Waals surface area contributed by atoms with Crippen LogP contribution in [0.1, 0.15) is 12.5 Å². The van der Waals surface area contributed by atoms with Crippen molar-refractivity contribution < 1.29 is 9.53 Å². The van der Waals surface area contributed by atoms with Crippen molar-refractivity contribution in [3.05, 3.63) is 36.0 Å². The van der Waals surface area contributed by atoms with Crippen LogP contribution in [0.5, 0.6) is 5.75 Å². The lowest BCUT2D eigenvalue weighted by atomic mass is 10.1. The molecular weight excluding hydrogens is 272 g/mol. The highest BCUT2D eigenvalue weighted by Gasteiger charge is 2.13.